The van der Waals surface area contributed by atoms with Crippen molar-refractivity contribution in [2.24, 2.45) is 0 Å². The molecule has 0 fully saturated rings. The second-order valence-electron chi connectivity index (χ2n) is 5.53. The van der Waals surface area contributed by atoms with Crippen molar-refractivity contribution in [3.63, 3.8) is 0 Å². The van der Waals surface area contributed by atoms with Crippen LogP contribution in [0.4, 0.5) is 4.79 Å². The maximum Gasteiger partial charge on any atom is 0.407 e. The molecule has 0 spiro atoms. The van der Waals surface area contributed by atoms with Gasteiger partial charge in [0.2, 0.25) is 0 Å². The SMILES string of the molecule is O=C(NCC(O)C(O)c1cnc2[nH]ncc2c1)OCc1ccccc1. The molecule has 3 rings (SSSR count). The van der Waals surface area contributed by atoms with E-state index in [9.17, 15) is 15.0 Å². The van der Waals surface area contributed by atoms with Crippen molar-refractivity contribution in [1.82, 2.24) is 20.5 Å². The number of benzene rings is 1. The van der Waals surface area contributed by atoms with Gasteiger partial charge >= 0.3 is 6.09 Å². The number of nitrogens with one attached hydrogen (secondary N) is 2. The Balaban J connectivity index is 1.49. The molecule has 8 heteroatoms. The van der Waals surface area contributed by atoms with Crippen molar-refractivity contribution < 1.29 is 19.7 Å². The summed E-state index contributed by atoms with van der Waals surface area (Å²) in [6.07, 6.45) is -0.0399. The number of rotatable bonds is 6. The van der Waals surface area contributed by atoms with Gasteiger partial charge in [-0.1, -0.05) is 30.3 Å². The third-order valence-electron chi connectivity index (χ3n) is 3.69. The molecule has 0 aliphatic rings. The number of alkyl carbamates (subject to hydrolysis) is 1. The number of amides is 1. The van der Waals surface area contributed by atoms with Gasteiger partial charge in [-0.05, 0) is 11.6 Å². The van der Waals surface area contributed by atoms with Crippen molar-refractivity contribution in [3.8, 4) is 0 Å². The molecule has 25 heavy (non-hydrogen) atoms. The van der Waals surface area contributed by atoms with Gasteiger partial charge in [0.15, 0.2) is 5.65 Å². The summed E-state index contributed by atoms with van der Waals surface area (Å²) in [4.78, 5) is 15.8. The van der Waals surface area contributed by atoms with Crippen LogP contribution in [0.2, 0.25) is 0 Å². The number of fused-ring (bicyclic) bond motifs is 1. The number of H-pyrrole nitrogens is 1. The Morgan fingerprint density at radius 1 is 1.24 bits per heavy atom. The molecule has 1 amide bonds. The smallest absolute Gasteiger partial charge is 0.407 e. The van der Waals surface area contributed by atoms with Crippen LogP contribution in [0.5, 0.6) is 0 Å². The van der Waals surface area contributed by atoms with Crippen LogP contribution in [0.3, 0.4) is 0 Å². The number of nitrogens with zero attached hydrogens (tertiary/aromatic N) is 2. The highest BCUT2D eigenvalue weighted by Gasteiger charge is 2.20. The van der Waals surface area contributed by atoms with E-state index in [1.165, 1.54) is 6.20 Å². The Morgan fingerprint density at radius 3 is 2.84 bits per heavy atom. The second kappa shape index (κ2) is 7.73. The van der Waals surface area contributed by atoms with Gasteiger partial charge in [0, 0.05) is 23.7 Å². The number of aromatic nitrogens is 3. The van der Waals surface area contributed by atoms with Gasteiger partial charge in [-0.2, -0.15) is 5.10 Å². The standard InChI is InChI=1S/C17H18N4O4/c22-14(9-19-17(24)25-10-11-4-2-1-3-5-11)15(23)12-6-13-8-20-21-16(13)18-7-12/h1-8,14-15,22-23H,9-10H2,(H,19,24)(H,18,20,21). The topological polar surface area (TPSA) is 120 Å². The summed E-state index contributed by atoms with van der Waals surface area (Å²) in [5.41, 5.74) is 1.88. The normalized spacial score (nSPS) is 13.4. The second-order valence-corrected chi connectivity index (χ2v) is 5.53. The first-order chi connectivity index (χ1) is 12.1. The van der Waals surface area contributed by atoms with Gasteiger partial charge in [0.05, 0.1) is 6.20 Å². The summed E-state index contributed by atoms with van der Waals surface area (Å²) in [5, 5.41) is 29.9. The van der Waals surface area contributed by atoms with E-state index in [0.29, 0.717) is 11.2 Å². The predicted molar refractivity (Wildman–Crippen MR) is 89.5 cm³/mol. The van der Waals surface area contributed by atoms with E-state index in [4.69, 9.17) is 4.74 Å². The van der Waals surface area contributed by atoms with Crippen LogP contribution in [0.15, 0.2) is 48.8 Å². The third kappa shape index (κ3) is 4.31. The van der Waals surface area contributed by atoms with Crippen molar-refractivity contribution in [2.75, 3.05) is 6.54 Å². The Hall–Kier alpha value is -2.97. The first kappa shape index (κ1) is 16.9. The first-order valence-electron chi connectivity index (χ1n) is 7.73. The lowest BCUT2D eigenvalue weighted by Gasteiger charge is -2.18. The Kier molecular flexibility index (Phi) is 5.22. The average molecular weight is 342 g/mol. The third-order valence-corrected chi connectivity index (χ3v) is 3.69. The lowest BCUT2D eigenvalue weighted by molar-refractivity contribution is 0.0183. The summed E-state index contributed by atoms with van der Waals surface area (Å²) in [5.74, 6) is 0. The van der Waals surface area contributed by atoms with Gasteiger partial charge < -0.3 is 20.3 Å². The predicted octanol–water partition coefficient (Wildman–Crippen LogP) is 1.28. The van der Waals surface area contributed by atoms with E-state index in [0.717, 1.165) is 10.9 Å². The Bertz CT molecular complexity index is 837. The maximum absolute atomic E-state index is 11.7. The molecule has 0 saturated carbocycles. The largest absolute Gasteiger partial charge is 0.445 e. The summed E-state index contributed by atoms with van der Waals surface area (Å²) in [7, 11) is 0. The first-order valence-corrected chi connectivity index (χ1v) is 7.73. The molecule has 2 unspecified atom stereocenters. The number of aliphatic hydroxyl groups excluding tert-OH is 2. The number of pyridine rings is 1. The summed E-state index contributed by atoms with van der Waals surface area (Å²) in [6.45, 7) is -0.0232. The molecule has 130 valence electrons. The molecule has 0 radical (unpaired) electrons. The number of aromatic amines is 1. The molecule has 1 aromatic carbocycles. The summed E-state index contributed by atoms with van der Waals surface area (Å²) in [6, 6.07) is 10.9. The van der Waals surface area contributed by atoms with Crippen molar-refractivity contribution >= 4 is 17.1 Å². The molecular weight excluding hydrogens is 324 g/mol. The Morgan fingerprint density at radius 2 is 2.04 bits per heavy atom. The minimum atomic E-state index is -1.20. The number of carbonyl (C=O) groups excluding carboxylic acids is 1. The minimum Gasteiger partial charge on any atom is -0.445 e. The molecule has 0 bridgehead atoms. The van der Waals surface area contributed by atoms with Gasteiger partial charge in [-0.25, -0.2) is 9.78 Å². The number of ether oxygens (including phenoxy) is 1. The number of hydrogen-bond donors (Lipinski definition) is 4. The molecule has 3 aromatic rings. The fraction of sp³-hybridized carbons (Fsp3) is 0.235. The molecule has 2 aromatic heterocycles. The lowest BCUT2D eigenvalue weighted by atomic mass is 10.1. The molecule has 0 aliphatic heterocycles. The highest BCUT2D eigenvalue weighted by atomic mass is 16.5. The zero-order chi connectivity index (χ0) is 17.6. The molecule has 2 atom stereocenters. The molecule has 0 saturated heterocycles. The van der Waals surface area contributed by atoms with Gasteiger partial charge in [-0.15, -0.1) is 0 Å². The van der Waals surface area contributed by atoms with Gasteiger partial charge in [0.25, 0.3) is 0 Å². The number of hydrogen-bond acceptors (Lipinski definition) is 6. The van der Waals surface area contributed by atoms with E-state index in [1.807, 2.05) is 30.3 Å². The average Bonchev–Trinajstić information content (AvgIpc) is 3.12. The van der Waals surface area contributed by atoms with Crippen LogP contribution in [0.1, 0.15) is 17.2 Å². The zero-order valence-electron chi connectivity index (χ0n) is 13.3. The van der Waals surface area contributed by atoms with Crippen molar-refractivity contribution in [2.45, 2.75) is 18.8 Å². The minimum absolute atomic E-state index is 0.131. The van der Waals surface area contributed by atoms with E-state index in [1.54, 1.807) is 12.3 Å². The van der Waals surface area contributed by atoms with Crippen LogP contribution < -0.4 is 5.32 Å². The van der Waals surface area contributed by atoms with Crippen molar-refractivity contribution in [3.05, 3.63) is 59.9 Å². The van der Waals surface area contributed by atoms with Gasteiger partial charge in [-0.3, -0.25) is 5.10 Å². The van der Waals surface area contributed by atoms with Crippen LogP contribution in [0.25, 0.3) is 11.0 Å². The fourth-order valence-corrected chi connectivity index (χ4v) is 2.31. The van der Waals surface area contributed by atoms with Crippen LogP contribution in [-0.2, 0) is 11.3 Å². The van der Waals surface area contributed by atoms with Gasteiger partial charge in [0.1, 0.15) is 18.8 Å². The monoisotopic (exact) mass is 342 g/mol. The van der Waals surface area contributed by atoms with Crippen molar-refractivity contribution in [1.29, 1.82) is 0 Å². The molecule has 4 N–H and O–H groups in total. The van der Waals surface area contributed by atoms with Crippen LogP contribution in [0, 0.1) is 0 Å². The maximum atomic E-state index is 11.7. The molecule has 8 nitrogen and oxygen atoms in total. The highest BCUT2D eigenvalue weighted by molar-refractivity contribution is 5.74. The highest BCUT2D eigenvalue weighted by Crippen LogP contribution is 2.19. The number of aliphatic hydroxyl groups is 2. The number of carbonyl (C=O) groups is 1. The van der Waals surface area contributed by atoms with E-state index >= 15 is 0 Å². The quantitative estimate of drug-likeness (QED) is 0.535. The van der Waals surface area contributed by atoms with Crippen LogP contribution in [-0.4, -0.2) is 44.1 Å². The van der Waals surface area contributed by atoms with Crippen LogP contribution >= 0.6 is 0 Å². The fourth-order valence-electron chi connectivity index (χ4n) is 2.31. The summed E-state index contributed by atoms with van der Waals surface area (Å²) < 4.78 is 5.04. The molecule has 2 heterocycles. The summed E-state index contributed by atoms with van der Waals surface area (Å²) >= 11 is 0. The zero-order valence-corrected chi connectivity index (χ0v) is 13.3. The lowest BCUT2D eigenvalue weighted by Crippen LogP contribution is -2.35. The van der Waals surface area contributed by atoms with E-state index < -0.39 is 18.3 Å². The van der Waals surface area contributed by atoms with E-state index in [2.05, 4.69) is 20.5 Å². The Labute approximate surface area is 143 Å². The molecule has 0 aliphatic carbocycles. The van der Waals surface area contributed by atoms with E-state index in [-0.39, 0.29) is 13.2 Å². The molecular formula is C17H18N4O4.